The highest BCUT2D eigenvalue weighted by atomic mass is 35.5. The molecular formula is C28H27Cl2FN4O. The Balaban J connectivity index is 1.29. The van der Waals surface area contributed by atoms with Gasteiger partial charge in [-0.1, -0.05) is 41.4 Å². The van der Waals surface area contributed by atoms with Gasteiger partial charge in [-0.2, -0.15) is 0 Å². The van der Waals surface area contributed by atoms with Crippen LogP contribution in [0, 0.1) is 12.7 Å². The van der Waals surface area contributed by atoms with E-state index in [2.05, 4.69) is 22.3 Å². The quantitative estimate of drug-likeness (QED) is 0.290. The van der Waals surface area contributed by atoms with Crippen LogP contribution in [0.5, 0.6) is 5.75 Å². The Hall–Kier alpha value is -2.93. The number of anilines is 1. The molecule has 2 heterocycles. The van der Waals surface area contributed by atoms with E-state index in [1.807, 2.05) is 37.3 Å². The Morgan fingerprint density at radius 3 is 2.50 bits per heavy atom. The molecule has 8 heteroatoms. The van der Waals surface area contributed by atoms with E-state index in [4.69, 9.17) is 37.9 Å². The third kappa shape index (κ3) is 5.41. The van der Waals surface area contributed by atoms with Crippen LogP contribution in [0.3, 0.4) is 0 Å². The van der Waals surface area contributed by atoms with Crippen LogP contribution in [0.15, 0.2) is 54.6 Å². The summed E-state index contributed by atoms with van der Waals surface area (Å²) in [6.45, 7) is 4.91. The number of aryl methyl sites for hydroxylation is 1. The summed E-state index contributed by atoms with van der Waals surface area (Å²) < 4.78 is 19.5. The maximum Gasteiger partial charge on any atom is 0.223 e. The number of aromatic nitrogens is 2. The number of benzene rings is 3. The van der Waals surface area contributed by atoms with Crippen molar-refractivity contribution in [2.24, 2.45) is 0 Å². The highest BCUT2D eigenvalue weighted by molar-refractivity contribution is 6.32. The predicted octanol–water partition coefficient (Wildman–Crippen LogP) is 7.14. The van der Waals surface area contributed by atoms with Crippen LogP contribution in [0.25, 0.3) is 22.0 Å². The molecule has 0 radical (unpaired) electrons. The molecule has 1 fully saturated rings. The third-order valence-corrected chi connectivity index (χ3v) is 7.18. The minimum atomic E-state index is -0.414. The van der Waals surface area contributed by atoms with Gasteiger partial charge in [-0.15, -0.1) is 0 Å². The highest BCUT2D eigenvalue weighted by Gasteiger charge is 2.21. The van der Waals surface area contributed by atoms with Crippen molar-refractivity contribution in [2.45, 2.75) is 32.4 Å². The van der Waals surface area contributed by atoms with Gasteiger partial charge in [0.15, 0.2) is 0 Å². The maximum atomic E-state index is 14.1. The zero-order valence-corrected chi connectivity index (χ0v) is 21.7. The van der Waals surface area contributed by atoms with Gasteiger partial charge in [-0.05, 0) is 67.3 Å². The van der Waals surface area contributed by atoms with E-state index in [1.54, 1.807) is 0 Å². The van der Waals surface area contributed by atoms with Crippen molar-refractivity contribution >= 4 is 40.1 Å². The standard InChI is InChI=1S/C28H27Cl2FN4O/c1-17-23-13-19(24-14-21(31)15-25(30)27(24)36-2)5-8-26(23)34-28(32-17)33-22-9-11-35(12-10-22)16-18-3-6-20(29)7-4-18/h3-8,13-15,22H,9-12,16H2,1-2H3,(H,32,33,34). The summed E-state index contributed by atoms with van der Waals surface area (Å²) in [7, 11) is 1.53. The number of methoxy groups -OCH3 is 1. The Morgan fingerprint density at radius 1 is 1.03 bits per heavy atom. The third-order valence-electron chi connectivity index (χ3n) is 6.65. The van der Waals surface area contributed by atoms with Gasteiger partial charge in [0.2, 0.25) is 5.95 Å². The first-order valence-electron chi connectivity index (χ1n) is 11.9. The summed E-state index contributed by atoms with van der Waals surface area (Å²) in [5.41, 5.74) is 4.34. The summed E-state index contributed by atoms with van der Waals surface area (Å²) >= 11 is 12.2. The highest BCUT2D eigenvalue weighted by Crippen LogP contribution is 2.38. The maximum absolute atomic E-state index is 14.1. The molecule has 1 aromatic heterocycles. The van der Waals surface area contributed by atoms with Crippen molar-refractivity contribution in [2.75, 3.05) is 25.5 Å². The zero-order valence-electron chi connectivity index (χ0n) is 20.2. The number of nitrogens with zero attached hydrogens (tertiary/aromatic N) is 3. The average molecular weight is 525 g/mol. The molecule has 0 bridgehead atoms. The second kappa shape index (κ2) is 10.6. The molecule has 0 atom stereocenters. The number of piperidine rings is 1. The van der Waals surface area contributed by atoms with E-state index < -0.39 is 5.82 Å². The molecule has 186 valence electrons. The van der Waals surface area contributed by atoms with Crippen molar-refractivity contribution in [1.82, 2.24) is 14.9 Å². The first kappa shape index (κ1) is 24.8. The lowest BCUT2D eigenvalue weighted by Crippen LogP contribution is -2.39. The van der Waals surface area contributed by atoms with Gasteiger partial charge in [-0.25, -0.2) is 14.4 Å². The summed E-state index contributed by atoms with van der Waals surface area (Å²) in [4.78, 5) is 11.9. The number of rotatable bonds is 6. The molecule has 5 rings (SSSR count). The fourth-order valence-electron chi connectivity index (χ4n) is 4.76. The van der Waals surface area contributed by atoms with E-state index in [9.17, 15) is 4.39 Å². The molecule has 0 spiro atoms. The van der Waals surface area contributed by atoms with Crippen LogP contribution in [0.1, 0.15) is 24.1 Å². The van der Waals surface area contributed by atoms with Crippen molar-refractivity contribution < 1.29 is 9.13 Å². The summed E-state index contributed by atoms with van der Waals surface area (Å²) in [6, 6.07) is 16.8. The molecule has 1 N–H and O–H groups in total. The number of ether oxygens (including phenoxy) is 1. The fraction of sp³-hybridized carbons (Fsp3) is 0.286. The predicted molar refractivity (Wildman–Crippen MR) is 145 cm³/mol. The zero-order chi connectivity index (χ0) is 25.2. The van der Waals surface area contributed by atoms with Gasteiger partial charge in [-0.3, -0.25) is 4.90 Å². The monoisotopic (exact) mass is 524 g/mol. The Kier molecular flexibility index (Phi) is 7.28. The van der Waals surface area contributed by atoms with Crippen LogP contribution < -0.4 is 10.1 Å². The number of likely N-dealkylation sites (tertiary alicyclic amines) is 1. The van der Waals surface area contributed by atoms with E-state index in [-0.39, 0.29) is 5.02 Å². The lowest BCUT2D eigenvalue weighted by molar-refractivity contribution is 0.211. The second-order valence-corrected chi connectivity index (χ2v) is 10.00. The molecule has 1 saturated heterocycles. The summed E-state index contributed by atoms with van der Waals surface area (Å²) in [5.74, 6) is 0.662. The topological polar surface area (TPSA) is 50.3 Å². The molecule has 36 heavy (non-hydrogen) atoms. The summed E-state index contributed by atoms with van der Waals surface area (Å²) in [5, 5.41) is 5.43. The van der Waals surface area contributed by atoms with Gasteiger partial charge in [0, 0.05) is 41.6 Å². The molecule has 4 aromatic rings. The van der Waals surface area contributed by atoms with Gasteiger partial charge in [0.1, 0.15) is 11.6 Å². The van der Waals surface area contributed by atoms with Crippen LogP contribution in [0.4, 0.5) is 10.3 Å². The SMILES string of the molecule is COc1c(Cl)cc(F)cc1-c1ccc2nc(NC3CCN(Cc4ccc(Cl)cc4)CC3)nc(C)c2c1. The number of hydrogen-bond donors (Lipinski definition) is 1. The van der Waals surface area contributed by atoms with E-state index >= 15 is 0 Å². The molecule has 5 nitrogen and oxygen atoms in total. The van der Waals surface area contributed by atoms with Crippen molar-refractivity contribution in [3.05, 3.63) is 81.7 Å². The lowest BCUT2D eigenvalue weighted by Gasteiger charge is -2.32. The molecule has 3 aromatic carbocycles. The Labute approximate surface area is 220 Å². The molecule has 0 amide bonds. The lowest BCUT2D eigenvalue weighted by atomic mass is 10.0. The fourth-order valence-corrected chi connectivity index (χ4v) is 5.17. The van der Waals surface area contributed by atoms with Crippen LogP contribution in [0.2, 0.25) is 10.0 Å². The number of fused-ring (bicyclic) bond motifs is 1. The van der Waals surface area contributed by atoms with Crippen LogP contribution >= 0.6 is 23.2 Å². The minimum absolute atomic E-state index is 0.235. The van der Waals surface area contributed by atoms with Gasteiger partial charge in [0.25, 0.3) is 0 Å². The second-order valence-electron chi connectivity index (χ2n) is 9.15. The van der Waals surface area contributed by atoms with E-state index in [0.717, 1.165) is 59.7 Å². The Bertz CT molecular complexity index is 1390. The van der Waals surface area contributed by atoms with Crippen LogP contribution in [-0.4, -0.2) is 41.1 Å². The molecule has 0 unspecified atom stereocenters. The van der Waals surface area contributed by atoms with Gasteiger partial charge >= 0.3 is 0 Å². The van der Waals surface area contributed by atoms with Gasteiger partial charge < -0.3 is 10.1 Å². The first-order chi connectivity index (χ1) is 17.4. The summed E-state index contributed by atoms with van der Waals surface area (Å²) in [6.07, 6.45) is 2.04. The van der Waals surface area contributed by atoms with Crippen molar-refractivity contribution in [3.8, 4) is 16.9 Å². The Morgan fingerprint density at radius 2 is 1.78 bits per heavy atom. The normalized spacial score (nSPS) is 14.8. The van der Waals surface area contributed by atoms with Crippen molar-refractivity contribution in [1.29, 1.82) is 0 Å². The molecule has 0 saturated carbocycles. The largest absolute Gasteiger partial charge is 0.495 e. The molecule has 1 aliphatic rings. The minimum Gasteiger partial charge on any atom is -0.495 e. The van der Waals surface area contributed by atoms with E-state index in [1.165, 1.54) is 24.8 Å². The molecule has 0 aliphatic carbocycles. The molecular weight excluding hydrogens is 498 g/mol. The molecule has 1 aliphatic heterocycles. The van der Waals surface area contributed by atoms with Gasteiger partial charge in [0.05, 0.1) is 23.3 Å². The first-order valence-corrected chi connectivity index (χ1v) is 12.7. The number of halogens is 3. The average Bonchev–Trinajstić information content (AvgIpc) is 2.86. The van der Waals surface area contributed by atoms with Crippen molar-refractivity contribution in [3.63, 3.8) is 0 Å². The van der Waals surface area contributed by atoms with E-state index in [0.29, 0.717) is 23.3 Å². The number of hydrogen-bond acceptors (Lipinski definition) is 5. The smallest absolute Gasteiger partial charge is 0.223 e. The number of nitrogens with one attached hydrogen (secondary N) is 1. The van der Waals surface area contributed by atoms with Crippen LogP contribution in [-0.2, 0) is 6.54 Å².